The summed E-state index contributed by atoms with van der Waals surface area (Å²) in [5.41, 5.74) is 6.40. The van der Waals surface area contributed by atoms with Gasteiger partial charge in [0.15, 0.2) is 0 Å². The van der Waals surface area contributed by atoms with Gasteiger partial charge in [-0.15, -0.1) is 0 Å². The highest BCUT2D eigenvalue weighted by molar-refractivity contribution is 4.96. The number of hydrogen-bond acceptors (Lipinski definition) is 2. The summed E-state index contributed by atoms with van der Waals surface area (Å²) < 4.78 is 5.58. The second-order valence-electron chi connectivity index (χ2n) is 5.20. The van der Waals surface area contributed by atoms with E-state index in [-0.39, 0.29) is 11.6 Å². The van der Waals surface area contributed by atoms with Gasteiger partial charge in [0.25, 0.3) is 0 Å². The Hall–Kier alpha value is -0.0800. The van der Waals surface area contributed by atoms with Gasteiger partial charge in [0.05, 0.1) is 6.10 Å². The molecule has 0 aromatic rings. The topological polar surface area (TPSA) is 35.2 Å². The predicted molar refractivity (Wildman–Crippen MR) is 58.1 cm³/mol. The van der Waals surface area contributed by atoms with Gasteiger partial charge in [0.2, 0.25) is 0 Å². The molecule has 2 unspecified atom stereocenters. The first kappa shape index (κ1) is 10.4. The Morgan fingerprint density at radius 2 is 2.00 bits per heavy atom. The standard InChI is InChI=1S/C12H23NO/c1-10-12(13,7-8-14-10)9-11-5-3-2-4-6-11/h10-11H,2-9,13H2,1H3. The normalized spacial score (nSPS) is 40.3. The van der Waals surface area contributed by atoms with Crippen molar-refractivity contribution in [3.63, 3.8) is 0 Å². The van der Waals surface area contributed by atoms with Crippen molar-refractivity contribution in [3.05, 3.63) is 0 Å². The van der Waals surface area contributed by atoms with Crippen molar-refractivity contribution in [2.24, 2.45) is 11.7 Å². The third kappa shape index (κ3) is 2.12. The van der Waals surface area contributed by atoms with Crippen molar-refractivity contribution in [2.75, 3.05) is 6.61 Å². The van der Waals surface area contributed by atoms with Gasteiger partial charge in [-0.25, -0.2) is 0 Å². The molecule has 2 N–H and O–H groups in total. The van der Waals surface area contributed by atoms with Crippen LogP contribution in [0.5, 0.6) is 0 Å². The minimum atomic E-state index is -0.0119. The molecule has 1 aliphatic heterocycles. The summed E-state index contributed by atoms with van der Waals surface area (Å²) in [6.07, 6.45) is 9.56. The van der Waals surface area contributed by atoms with Crippen molar-refractivity contribution in [3.8, 4) is 0 Å². The molecule has 0 amide bonds. The van der Waals surface area contributed by atoms with Gasteiger partial charge in [-0.2, -0.15) is 0 Å². The number of hydrogen-bond donors (Lipinski definition) is 1. The van der Waals surface area contributed by atoms with Crippen molar-refractivity contribution in [2.45, 2.75) is 63.5 Å². The average molecular weight is 197 g/mol. The molecular weight excluding hydrogens is 174 g/mol. The smallest absolute Gasteiger partial charge is 0.0727 e. The van der Waals surface area contributed by atoms with E-state index in [2.05, 4.69) is 6.92 Å². The number of rotatable bonds is 2. The van der Waals surface area contributed by atoms with Crippen LogP contribution in [0.1, 0.15) is 51.9 Å². The van der Waals surface area contributed by atoms with Crippen LogP contribution in [0.3, 0.4) is 0 Å². The van der Waals surface area contributed by atoms with Gasteiger partial charge < -0.3 is 10.5 Å². The fourth-order valence-electron chi connectivity index (χ4n) is 2.99. The molecule has 0 spiro atoms. The minimum absolute atomic E-state index is 0.0119. The van der Waals surface area contributed by atoms with Crippen molar-refractivity contribution >= 4 is 0 Å². The first-order chi connectivity index (χ1) is 6.71. The Labute approximate surface area is 87.2 Å². The molecule has 2 fully saturated rings. The first-order valence-corrected chi connectivity index (χ1v) is 6.11. The average Bonchev–Trinajstić information content (AvgIpc) is 2.48. The van der Waals surface area contributed by atoms with E-state index in [4.69, 9.17) is 10.5 Å². The molecule has 14 heavy (non-hydrogen) atoms. The molecule has 2 nitrogen and oxygen atoms in total. The van der Waals surface area contributed by atoms with Gasteiger partial charge >= 0.3 is 0 Å². The van der Waals surface area contributed by atoms with Crippen LogP contribution < -0.4 is 5.73 Å². The van der Waals surface area contributed by atoms with Gasteiger partial charge in [-0.1, -0.05) is 32.1 Å². The third-order valence-corrected chi connectivity index (χ3v) is 4.14. The Kier molecular flexibility index (Phi) is 3.13. The molecule has 2 heteroatoms. The van der Waals surface area contributed by atoms with E-state index in [1.807, 2.05) is 0 Å². The van der Waals surface area contributed by atoms with Crippen molar-refractivity contribution < 1.29 is 4.74 Å². The summed E-state index contributed by atoms with van der Waals surface area (Å²) in [4.78, 5) is 0. The zero-order valence-electron chi connectivity index (χ0n) is 9.30. The summed E-state index contributed by atoms with van der Waals surface area (Å²) in [5.74, 6) is 0.873. The second-order valence-corrected chi connectivity index (χ2v) is 5.20. The van der Waals surface area contributed by atoms with Gasteiger partial charge in [-0.05, 0) is 25.7 Å². The maximum Gasteiger partial charge on any atom is 0.0727 e. The Morgan fingerprint density at radius 1 is 1.29 bits per heavy atom. The number of ether oxygens (including phenoxy) is 1. The second kappa shape index (κ2) is 4.19. The molecule has 0 aromatic heterocycles. The van der Waals surface area contributed by atoms with E-state index >= 15 is 0 Å². The molecule has 0 aromatic carbocycles. The van der Waals surface area contributed by atoms with E-state index < -0.39 is 0 Å². The van der Waals surface area contributed by atoms with Crippen LogP contribution in [-0.2, 0) is 4.74 Å². The van der Waals surface area contributed by atoms with Gasteiger partial charge in [0.1, 0.15) is 0 Å². The Bertz CT molecular complexity index is 189. The predicted octanol–water partition coefficient (Wildman–Crippen LogP) is 2.46. The van der Waals surface area contributed by atoms with Crippen molar-refractivity contribution in [1.29, 1.82) is 0 Å². The summed E-state index contributed by atoms with van der Waals surface area (Å²) in [6.45, 7) is 3.00. The third-order valence-electron chi connectivity index (χ3n) is 4.14. The minimum Gasteiger partial charge on any atom is -0.377 e. The molecular formula is C12H23NO. The molecule has 0 bridgehead atoms. The van der Waals surface area contributed by atoms with Gasteiger partial charge in [0, 0.05) is 12.1 Å². The zero-order chi connectivity index (χ0) is 10.0. The van der Waals surface area contributed by atoms with E-state index in [9.17, 15) is 0 Å². The van der Waals surface area contributed by atoms with E-state index in [0.717, 1.165) is 18.9 Å². The highest BCUT2D eigenvalue weighted by Gasteiger charge is 2.39. The molecule has 1 saturated carbocycles. The van der Waals surface area contributed by atoms with Crippen LogP contribution in [0.25, 0.3) is 0 Å². The molecule has 0 radical (unpaired) electrons. The maximum absolute atomic E-state index is 6.41. The monoisotopic (exact) mass is 197 g/mol. The molecule has 2 aliphatic rings. The van der Waals surface area contributed by atoms with Crippen LogP contribution in [0.15, 0.2) is 0 Å². The van der Waals surface area contributed by atoms with Crippen LogP contribution in [0, 0.1) is 5.92 Å². The molecule has 1 saturated heterocycles. The van der Waals surface area contributed by atoms with E-state index in [0.29, 0.717) is 0 Å². The first-order valence-electron chi connectivity index (χ1n) is 6.11. The summed E-state index contributed by atoms with van der Waals surface area (Å²) in [6, 6.07) is 0. The number of nitrogens with two attached hydrogens (primary N) is 1. The Balaban J connectivity index is 1.88. The lowest BCUT2D eigenvalue weighted by Gasteiger charge is -2.33. The maximum atomic E-state index is 6.41. The molecule has 82 valence electrons. The van der Waals surface area contributed by atoms with Crippen LogP contribution in [-0.4, -0.2) is 18.2 Å². The highest BCUT2D eigenvalue weighted by atomic mass is 16.5. The lowest BCUT2D eigenvalue weighted by Crippen LogP contribution is -2.47. The summed E-state index contributed by atoms with van der Waals surface area (Å²) in [5, 5.41) is 0. The van der Waals surface area contributed by atoms with Crippen LogP contribution in [0.4, 0.5) is 0 Å². The lowest BCUT2D eigenvalue weighted by atomic mass is 9.77. The van der Waals surface area contributed by atoms with Gasteiger partial charge in [-0.3, -0.25) is 0 Å². The fraction of sp³-hybridized carbons (Fsp3) is 1.00. The lowest BCUT2D eigenvalue weighted by molar-refractivity contribution is 0.0842. The Morgan fingerprint density at radius 3 is 2.57 bits per heavy atom. The zero-order valence-corrected chi connectivity index (χ0v) is 9.30. The van der Waals surface area contributed by atoms with Crippen LogP contribution in [0.2, 0.25) is 0 Å². The fourth-order valence-corrected chi connectivity index (χ4v) is 2.99. The van der Waals surface area contributed by atoms with Crippen molar-refractivity contribution in [1.82, 2.24) is 0 Å². The molecule has 1 heterocycles. The molecule has 1 aliphatic carbocycles. The molecule has 2 rings (SSSR count). The van der Waals surface area contributed by atoms with E-state index in [1.54, 1.807) is 0 Å². The summed E-state index contributed by atoms with van der Waals surface area (Å²) >= 11 is 0. The van der Waals surface area contributed by atoms with E-state index in [1.165, 1.54) is 38.5 Å². The largest absolute Gasteiger partial charge is 0.377 e. The molecule has 2 atom stereocenters. The quantitative estimate of drug-likeness (QED) is 0.738. The van der Waals surface area contributed by atoms with Crippen LogP contribution >= 0.6 is 0 Å². The highest BCUT2D eigenvalue weighted by Crippen LogP contribution is 2.35. The summed E-state index contributed by atoms with van der Waals surface area (Å²) in [7, 11) is 0. The SMILES string of the molecule is CC1OCCC1(N)CC1CCCCC1.